The van der Waals surface area contributed by atoms with Crippen LogP contribution in [0.1, 0.15) is 16.8 Å². The van der Waals surface area contributed by atoms with Crippen LogP contribution in [-0.2, 0) is 13.1 Å². The monoisotopic (exact) mass is 531 g/mol. The van der Waals surface area contributed by atoms with Crippen molar-refractivity contribution in [3.8, 4) is 5.69 Å². The summed E-state index contributed by atoms with van der Waals surface area (Å²) in [5.74, 6) is 0.543. The topological polar surface area (TPSA) is 83.7 Å². The molecule has 1 fully saturated rings. The van der Waals surface area contributed by atoms with E-state index in [0.29, 0.717) is 12.5 Å². The Morgan fingerprint density at radius 3 is 2.52 bits per heavy atom. The molecule has 9 nitrogen and oxygen atoms in total. The van der Waals surface area contributed by atoms with Gasteiger partial charge in [0.15, 0.2) is 0 Å². The number of fused-ring (bicyclic) bond motifs is 2. The lowest BCUT2D eigenvalue weighted by atomic mass is 10.1. The van der Waals surface area contributed by atoms with Crippen molar-refractivity contribution >= 4 is 28.1 Å². The third-order valence-electron chi connectivity index (χ3n) is 7.98. The number of aromatic nitrogens is 4. The van der Waals surface area contributed by atoms with Gasteiger partial charge in [0.25, 0.3) is 0 Å². The number of amidine groups is 1. The quantitative estimate of drug-likeness (QED) is 0.359. The SMILES string of the molecule is CN1CCN(Cc2cn(-c3ccc4c(c3)C(N)=NCN4c3ccc4c(ccn4Cc4ccccc4)c3)nn2)CC1. The van der Waals surface area contributed by atoms with Gasteiger partial charge in [0.2, 0.25) is 0 Å². The summed E-state index contributed by atoms with van der Waals surface area (Å²) in [4.78, 5) is 11.6. The van der Waals surface area contributed by atoms with Gasteiger partial charge in [-0.1, -0.05) is 35.5 Å². The van der Waals surface area contributed by atoms with Crippen molar-refractivity contribution in [1.82, 2.24) is 29.4 Å². The van der Waals surface area contributed by atoms with E-state index in [4.69, 9.17) is 5.73 Å². The van der Waals surface area contributed by atoms with Crippen molar-refractivity contribution in [1.29, 1.82) is 0 Å². The Hall–Kier alpha value is -4.47. The predicted octanol–water partition coefficient (Wildman–Crippen LogP) is 3.83. The predicted molar refractivity (Wildman–Crippen MR) is 159 cm³/mol. The molecule has 9 heteroatoms. The summed E-state index contributed by atoms with van der Waals surface area (Å²) in [7, 11) is 2.17. The number of benzene rings is 3. The minimum atomic E-state index is 0.479. The molecule has 0 saturated carbocycles. The molecule has 0 aliphatic carbocycles. The number of rotatable bonds is 6. The summed E-state index contributed by atoms with van der Waals surface area (Å²) in [6.45, 7) is 6.40. The smallest absolute Gasteiger partial charge is 0.129 e. The largest absolute Gasteiger partial charge is 0.383 e. The van der Waals surface area contributed by atoms with E-state index in [1.807, 2.05) is 10.9 Å². The lowest BCUT2D eigenvalue weighted by Gasteiger charge is -2.31. The summed E-state index contributed by atoms with van der Waals surface area (Å²) < 4.78 is 4.12. The van der Waals surface area contributed by atoms with Crippen LogP contribution in [0.25, 0.3) is 16.6 Å². The zero-order valence-corrected chi connectivity index (χ0v) is 22.7. The molecule has 4 heterocycles. The highest BCUT2D eigenvalue weighted by Crippen LogP contribution is 2.34. The molecule has 5 aromatic rings. The van der Waals surface area contributed by atoms with Crippen LogP contribution in [0.4, 0.5) is 11.4 Å². The zero-order valence-electron chi connectivity index (χ0n) is 22.7. The first-order chi connectivity index (χ1) is 19.6. The second-order valence-corrected chi connectivity index (χ2v) is 10.7. The van der Waals surface area contributed by atoms with Gasteiger partial charge >= 0.3 is 0 Å². The van der Waals surface area contributed by atoms with Crippen molar-refractivity contribution < 1.29 is 0 Å². The molecule has 2 N–H and O–H groups in total. The summed E-state index contributed by atoms with van der Waals surface area (Å²) in [5, 5.41) is 10.1. The van der Waals surface area contributed by atoms with Crippen LogP contribution in [-0.4, -0.2) is 75.1 Å². The number of likely N-dealkylation sites (N-methyl/N-ethyl adjacent to an activating group) is 1. The fourth-order valence-electron chi connectivity index (χ4n) is 5.64. The third kappa shape index (κ3) is 4.74. The normalized spacial score (nSPS) is 16.3. The molecular formula is C31H33N9. The molecule has 0 bridgehead atoms. The molecule has 0 amide bonds. The van der Waals surface area contributed by atoms with E-state index in [2.05, 4.69) is 121 Å². The molecule has 7 rings (SSSR count). The van der Waals surface area contributed by atoms with Crippen LogP contribution in [0.3, 0.4) is 0 Å². The lowest BCUT2D eigenvalue weighted by molar-refractivity contribution is 0.147. The van der Waals surface area contributed by atoms with E-state index >= 15 is 0 Å². The van der Waals surface area contributed by atoms with E-state index in [0.717, 1.165) is 67.6 Å². The van der Waals surface area contributed by atoms with E-state index in [9.17, 15) is 0 Å². The summed E-state index contributed by atoms with van der Waals surface area (Å²) in [5.41, 5.74) is 13.8. The van der Waals surface area contributed by atoms with E-state index in [1.165, 1.54) is 16.5 Å². The molecule has 2 aliphatic rings. The second kappa shape index (κ2) is 10.3. The fourth-order valence-corrected chi connectivity index (χ4v) is 5.64. The van der Waals surface area contributed by atoms with Crippen LogP contribution in [0.15, 0.2) is 90.2 Å². The molecule has 2 aliphatic heterocycles. The van der Waals surface area contributed by atoms with Crippen LogP contribution >= 0.6 is 0 Å². The molecule has 0 atom stereocenters. The van der Waals surface area contributed by atoms with Gasteiger partial charge in [-0.2, -0.15) is 0 Å². The molecule has 2 aromatic heterocycles. The van der Waals surface area contributed by atoms with E-state index < -0.39 is 0 Å². The molecule has 40 heavy (non-hydrogen) atoms. The summed E-state index contributed by atoms with van der Waals surface area (Å²) in [6.07, 6.45) is 4.17. The molecule has 202 valence electrons. The summed E-state index contributed by atoms with van der Waals surface area (Å²) >= 11 is 0. The maximum Gasteiger partial charge on any atom is 0.129 e. The molecule has 3 aromatic carbocycles. The van der Waals surface area contributed by atoms with Gasteiger partial charge in [-0.25, -0.2) is 9.67 Å². The van der Waals surface area contributed by atoms with Gasteiger partial charge in [-0.05, 0) is 55.1 Å². The van der Waals surface area contributed by atoms with E-state index in [-0.39, 0.29) is 0 Å². The minimum absolute atomic E-state index is 0.479. The first kappa shape index (κ1) is 24.6. The van der Waals surface area contributed by atoms with Crippen LogP contribution < -0.4 is 10.6 Å². The van der Waals surface area contributed by atoms with Crippen LogP contribution in [0.2, 0.25) is 0 Å². The molecule has 0 spiro atoms. The van der Waals surface area contributed by atoms with Gasteiger partial charge in [0.05, 0.1) is 23.3 Å². The van der Waals surface area contributed by atoms with Crippen LogP contribution in [0.5, 0.6) is 0 Å². The fraction of sp³-hybridized carbons (Fsp3) is 0.258. The average Bonchev–Trinajstić information content (AvgIpc) is 3.62. The number of anilines is 2. The van der Waals surface area contributed by atoms with Gasteiger partial charge in [-0.15, -0.1) is 5.10 Å². The first-order valence-electron chi connectivity index (χ1n) is 13.8. The van der Waals surface area contributed by atoms with Crippen molar-refractivity contribution in [2.75, 3.05) is 44.8 Å². The maximum absolute atomic E-state index is 6.40. The second-order valence-electron chi connectivity index (χ2n) is 10.7. The van der Waals surface area contributed by atoms with Crippen molar-refractivity contribution in [2.45, 2.75) is 13.1 Å². The molecule has 0 unspecified atom stereocenters. The Morgan fingerprint density at radius 2 is 1.68 bits per heavy atom. The van der Waals surface area contributed by atoms with Gasteiger partial charge in [0.1, 0.15) is 12.5 Å². The summed E-state index contributed by atoms with van der Waals surface area (Å²) in [6, 6.07) is 25.6. The number of aliphatic imine (C=N–C) groups is 1. The minimum Gasteiger partial charge on any atom is -0.383 e. The van der Waals surface area contributed by atoms with Gasteiger partial charge in [-0.3, -0.25) is 4.90 Å². The zero-order chi connectivity index (χ0) is 27.1. The molecule has 0 radical (unpaired) electrons. The Morgan fingerprint density at radius 1 is 0.850 bits per heavy atom. The number of piperazine rings is 1. The Kier molecular flexibility index (Phi) is 6.30. The highest BCUT2D eigenvalue weighted by atomic mass is 15.4. The number of nitrogens with zero attached hydrogens (tertiary/aromatic N) is 8. The maximum atomic E-state index is 6.40. The van der Waals surface area contributed by atoms with E-state index in [1.54, 1.807) is 0 Å². The number of hydrogen-bond donors (Lipinski definition) is 1. The van der Waals surface area contributed by atoms with Gasteiger partial charge in [0, 0.05) is 67.6 Å². The van der Waals surface area contributed by atoms with Gasteiger partial charge < -0.3 is 20.1 Å². The Balaban J connectivity index is 1.13. The van der Waals surface area contributed by atoms with Crippen molar-refractivity contribution in [2.24, 2.45) is 10.7 Å². The van der Waals surface area contributed by atoms with Crippen LogP contribution in [0, 0.1) is 0 Å². The molecule has 1 saturated heterocycles. The highest BCUT2D eigenvalue weighted by molar-refractivity contribution is 6.05. The highest BCUT2D eigenvalue weighted by Gasteiger charge is 2.22. The number of nitrogens with two attached hydrogens (primary N) is 1. The Labute approximate surface area is 233 Å². The van der Waals surface area contributed by atoms with Crippen molar-refractivity contribution in [3.63, 3.8) is 0 Å². The van der Waals surface area contributed by atoms with Crippen molar-refractivity contribution in [3.05, 3.63) is 102 Å². The standard InChI is InChI=1S/C31H33N9/c1-36-13-15-37(16-14-36)20-25-21-40(35-34-25)27-8-10-30-28(18-27)31(32)33-22-39(30)26-7-9-29-24(17-26)11-12-38(29)19-23-5-3-2-4-6-23/h2-12,17-18,21H,13-16,19-20,22H2,1H3,(H2,32,33). The first-order valence-corrected chi connectivity index (χ1v) is 13.8. The third-order valence-corrected chi connectivity index (χ3v) is 7.98. The molecular weight excluding hydrogens is 498 g/mol. The average molecular weight is 532 g/mol. The Bertz CT molecular complexity index is 1680. The lowest BCUT2D eigenvalue weighted by Crippen LogP contribution is -2.43. The number of hydrogen-bond acceptors (Lipinski definition) is 7.